The van der Waals surface area contributed by atoms with E-state index < -0.39 is 35.3 Å². The minimum Gasteiger partial charge on any atom is -0.398 e. The third-order valence-corrected chi connectivity index (χ3v) is 2.64. The van der Waals surface area contributed by atoms with Crippen molar-refractivity contribution in [2.24, 2.45) is 0 Å². The van der Waals surface area contributed by atoms with Gasteiger partial charge in [-0.15, -0.1) is 0 Å². The molecule has 4 N–H and O–H groups in total. The predicted octanol–water partition coefficient (Wildman–Crippen LogP) is 1.15. The molecule has 1 rings (SSSR count). The number of benzene rings is 1. The number of amides is 2. The maximum Gasteiger partial charge on any atom is 0.418 e. The SMILES string of the molecule is CNC(=O)C(C)NC(=O)c1cccc(C(F)(F)F)c1N. The van der Waals surface area contributed by atoms with Crippen LogP contribution in [0.4, 0.5) is 18.9 Å². The van der Waals surface area contributed by atoms with Crippen molar-refractivity contribution in [1.82, 2.24) is 10.6 Å². The number of carbonyl (C=O) groups excluding carboxylic acids is 2. The second-order valence-electron chi connectivity index (χ2n) is 4.07. The van der Waals surface area contributed by atoms with Gasteiger partial charge in [-0.1, -0.05) is 6.07 Å². The normalized spacial score (nSPS) is 12.7. The van der Waals surface area contributed by atoms with Crippen molar-refractivity contribution >= 4 is 17.5 Å². The number of anilines is 1. The van der Waals surface area contributed by atoms with Crippen LogP contribution in [0.2, 0.25) is 0 Å². The van der Waals surface area contributed by atoms with Gasteiger partial charge in [0, 0.05) is 7.05 Å². The largest absolute Gasteiger partial charge is 0.418 e. The van der Waals surface area contributed by atoms with E-state index >= 15 is 0 Å². The summed E-state index contributed by atoms with van der Waals surface area (Å²) in [7, 11) is 1.38. The van der Waals surface area contributed by atoms with E-state index in [1.54, 1.807) is 0 Å². The molecule has 0 bridgehead atoms. The van der Waals surface area contributed by atoms with E-state index in [1.807, 2.05) is 0 Å². The van der Waals surface area contributed by atoms with Crippen LogP contribution >= 0.6 is 0 Å². The predicted molar refractivity (Wildman–Crippen MR) is 66.9 cm³/mol. The van der Waals surface area contributed by atoms with Gasteiger partial charge in [-0.25, -0.2) is 0 Å². The maximum atomic E-state index is 12.7. The summed E-state index contributed by atoms with van der Waals surface area (Å²) in [5.41, 5.74) is 3.30. The lowest BCUT2D eigenvalue weighted by molar-refractivity contribution is -0.137. The highest BCUT2D eigenvalue weighted by Gasteiger charge is 2.34. The number of hydrogen-bond donors (Lipinski definition) is 3. The Balaban J connectivity index is 3.03. The number of halogens is 3. The number of likely N-dealkylation sites (N-methyl/N-ethyl adjacent to an activating group) is 1. The summed E-state index contributed by atoms with van der Waals surface area (Å²) in [6.07, 6.45) is -4.65. The Morgan fingerprint density at radius 2 is 1.90 bits per heavy atom. The number of hydrogen-bond acceptors (Lipinski definition) is 3. The summed E-state index contributed by atoms with van der Waals surface area (Å²) in [5, 5.41) is 4.57. The van der Waals surface area contributed by atoms with E-state index in [9.17, 15) is 22.8 Å². The average molecular weight is 289 g/mol. The van der Waals surface area contributed by atoms with Gasteiger partial charge in [0.05, 0.1) is 16.8 Å². The third-order valence-electron chi connectivity index (χ3n) is 2.64. The topological polar surface area (TPSA) is 84.2 Å². The van der Waals surface area contributed by atoms with Gasteiger partial charge in [-0.3, -0.25) is 9.59 Å². The van der Waals surface area contributed by atoms with Gasteiger partial charge in [0.1, 0.15) is 6.04 Å². The zero-order valence-corrected chi connectivity index (χ0v) is 10.8. The molecule has 0 saturated carbocycles. The summed E-state index contributed by atoms with van der Waals surface area (Å²) in [6, 6.07) is 2.14. The number of alkyl halides is 3. The molecule has 0 aliphatic heterocycles. The average Bonchev–Trinajstić information content (AvgIpc) is 2.36. The molecule has 0 fully saturated rings. The van der Waals surface area contributed by atoms with Gasteiger partial charge in [0.25, 0.3) is 5.91 Å². The molecule has 1 unspecified atom stereocenters. The maximum absolute atomic E-state index is 12.7. The van der Waals surface area contributed by atoms with Crippen LogP contribution in [0, 0.1) is 0 Å². The fraction of sp³-hybridized carbons (Fsp3) is 0.333. The minimum atomic E-state index is -4.65. The van der Waals surface area contributed by atoms with Crippen molar-refractivity contribution in [3.05, 3.63) is 29.3 Å². The van der Waals surface area contributed by atoms with E-state index in [4.69, 9.17) is 5.73 Å². The Labute approximate surface area is 113 Å². The first-order valence-electron chi connectivity index (χ1n) is 5.66. The van der Waals surface area contributed by atoms with Crippen LogP contribution < -0.4 is 16.4 Å². The standard InChI is InChI=1S/C12H14F3N3O2/c1-6(10(19)17-2)18-11(20)7-4-3-5-8(9(7)16)12(13,14)15/h3-6H,16H2,1-2H3,(H,17,19)(H,18,20). The number of nitrogens with one attached hydrogen (secondary N) is 2. The number of nitrogens with two attached hydrogens (primary N) is 1. The second-order valence-corrected chi connectivity index (χ2v) is 4.07. The van der Waals surface area contributed by atoms with Crippen LogP contribution in [0.15, 0.2) is 18.2 Å². The highest BCUT2D eigenvalue weighted by atomic mass is 19.4. The molecule has 20 heavy (non-hydrogen) atoms. The number of nitrogen functional groups attached to an aromatic ring is 1. The number of carbonyl (C=O) groups is 2. The highest BCUT2D eigenvalue weighted by Crippen LogP contribution is 2.34. The minimum absolute atomic E-state index is 0.324. The number of para-hydroxylation sites is 1. The van der Waals surface area contributed by atoms with Crippen molar-refractivity contribution in [1.29, 1.82) is 0 Å². The van der Waals surface area contributed by atoms with Gasteiger partial charge < -0.3 is 16.4 Å². The van der Waals surface area contributed by atoms with Crippen LogP contribution in [-0.2, 0) is 11.0 Å². The fourth-order valence-corrected chi connectivity index (χ4v) is 1.57. The molecule has 0 saturated heterocycles. The molecule has 0 spiro atoms. The molecule has 1 aromatic rings. The van der Waals surface area contributed by atoms with Gasteiger partial charge in [0.2, 0.25) is 5.91 Å². The Morgan fingerprint density at radius 1 is 1.30 bits per heavy atom. The summed E-state index contributed by atoms with van der Waals surface area (Å²) in [6.45, 7) is 1.40. The van der Waals surface area contributed by atoms with Gasteiger partial charge in [0.15, 0.2) is 0 Å². The van der Waals surface area contributed by atoms with E-state index in [0.717, 1.165) is 18.2 Å². The highest BCUT2D eigenvalue weighted by molar-refractivity contribution is 6.01. The molecule has 0 heterocycles. The molecule has 110 valence electrons. The van der Waals surface area contributed by atoms with Crippen LogP contribution in [-0.4, -0.2) is 24.9 Å². The van der Waals surface area contributed by atoms with Crippen molar-refractivity contribution in [3.8, 4) is 0 Å². The molecule has 2 amide bonds. The molecular weight excluding hydrogens is 275 g/mol. The van der Waals surface area contributed by atoms with Gasteiger partial charge >= 0.3 is 6.18 Å². The van der Waals surface area contributed by atoms with Crippen molar-refractivity contribution < 1.29 is 22.8 Å². The summed E-state index contributed by atoms with van der Waals surface area (Å²) < 4.78 is 38.0. The molecule has 0 aromatic heterocycles. The van der Waals surface area contributed by atoms with Crippen LogP contribution in [0.3, 0.4) is 0 Å². The first-order valence-corrected chi connectivity index (χ1v) is 5.66. The lowest BCUT2D eigenvalue weighted by Crippen LogP contribution is -2.43. The van der Waals surface area contributed by atoms with Crippen LogP contribution in [0.25, 0.3) is 0 Å². The van der Waals surface area contributed by atoms with Crippen molar-refractivity contribution in [2.75, 3.05) is 12.8 Å². The molecule has 8 heteroatoms. The van der Waals surface area contributed by atoms with Crippen molar-refractivity contribution in [3.63, 3.8) is 0 Å². The van der Waals surface area contributed by atoms with E-state index in [2.05, 4.69) is 10.6 Å². The molecule has 0 aliphatic carbocycles. The quantitative estimate of drug-likeness (QED) is 0.730. The lowest BCUT2D eigenvalue weighted by atomic mass is 10.1. The lowest BCUT2D eigenvalue weighted by Gasteiger charge is -2.16. The van der Waals surface area contributed by atoms with Gasteiger partial charge in [-0.2, -0.15) is 13.2 Å². The van der Waals surface area contributed by atoms with E-state index in [-0.39, 0.29) is 5.56 Å². The van der Waals surface area contributed by atoms with Crippen LogP contribution in [0.1, 0.15) is 22.8 Å². The first kappa shape index (κ1) is 15.8. The Morgan fingerprint density at radius 3 is 2.40 bits per heavy atom. The van der Waals surface area contributed by atoms with E-state index in [0.29, 0.717) is 0 Å². The molecule has 1 aromatic carbocycles. The molecule has 0 radical (unpaired) electrons. The molecule has 5 nitrogen and oxygen atoms in total. The summed E-state index contributed by atoms with van der Waals surface area (Å²) in [4.78, 5) is 23.1. The monoisotopic (exact) mass is 289 g/mol. The molecule has 0 aliphatic rings. The zero-order chi connectivity index (χ0) is 15.5. The van der Waals surface area contributed by atoms with Crippen molar-refractivity contribution in [2.45, 2.75) is 19.1 Å². The zero-order valence-electron chi connectivity index (χ0n) is 10.8. The number of rotatable bonds is 3. The van der Waals surface area contributed by atoms with Gasteiger partial charge in [-0.05, 0) is 19.1 Å². The van der Waals surface area contributed by atoms with E-state index in [1.165, 1.54) is 14.0 Å². The second kappa shape index (κ2) is 5.81. The smallest absolute Gasteiger partial charge is 0.398 e. The summed E-state index contributed by atoms with van der Waals surface area (Å²) in [5.74, 6) is -1.31. The summed E-state index contributed by atoms with van der Waals surface area (Å²) >= 11 is 0. The molecule has 1 atom stereocenters. The fourth-order valence-electron chi connectivity index (χ4n) is 1.57. The Bertz CT molecular complexity index is 529. The van der Waals surface area contributed by atoms with Crippen LogP contribution in [0.5, 0.6) is 0 Å². The Hall–Kier alpha value is -2.25. The Kier molecular flexibility index (Phi) is 4.59. The molecular formula is C12H14F3N3O2. The third kappa shape index (κ3) is 3.40. The first-order chi connectivity index (χ1) is 9.18.